The number of hydrogen-bond acceptors (Lipinski definition) is 3. The highest BCUT2D eigenvalue weighted by atomic mass is 35.5. The number of carbonyl (C=O) groups excluding carboxylic acids is 1. The Kier molecular flexibility index (Phi) is 8.02. The van der Waals surface area contributed by atoms with Crippen molar-refractivity contribution in [3.63, 3.8) is 0 Å². The van der Waals surface area contributed by atoms with E-state index in [4.69, 9.17) is 4.74 Å². The summed E-state index contributed by atoms with van der Waals surface area (Å²) >= 11 is 0. The third-order valence-corrected chi connectivity index (χ3v) is 7.11. The molecule has 1 N–H and O–H groups in total. The lowest BCUT2D eigenvalue weighted by Gasteiger charge is -2.45. The zero-order valence-electron chi connectivity index (χ0n) is 19.4. The summed E-state index contributed by atoms with van der Waals surface area (Å²) in [5, 5.41) is 1.31. The molecule has 5 heteroatoms. The number of rotatable bonds is 7. The Morgan fingerprint density at radius 3 is 2.38 bits per heavy atom. The second kappa shape index (κ2) is 10.5. The molecule has 0 amide bonds. The summed E-state index contributed by atoms with van der Waals surface area (Å²) in [6, 6.07) is 19.6. The van der Waals surface area contributed by atoms with E-state index < -0.39 is 0 Å². The van der Waals surface area contributed by atoms with Gasteiger partial charge in [0.25, 0.3) is 0 Å². The van der Waals surface area contributed by atoms with Crippen LogP contribution in [-0.4, -0.2) is 36.6 Å². The standard InChI is InChI=1S/C27H34N2O2.ClH/c1-20(30)31-19-9-13-24-23-12-7-8-14-25(23)28-26(24)21-15-17-27(18-16-21,29(2)3)22-10-5-4-6-11-22;/h4-8,10-12,14,21,28H,9,13,15-19H2,1-3H3;1H. The number of fused-ring (bicyclic) bond motifs is 1. The molecule has 32 heavy (non-hydrogen) atoms. The molecule has 0 unspecified atom stereocenters. The summed E-state index contributed by atoms with van der Waals surface area (Å²) in [7, 11) is 4.44. The molecule has 1 aliphatic carbocycles. The van der Waals surface area contributed by atoms with Crippen LogP contribution in [0.1, 0.15) is 61.8 Å². The van der Waals surface area contributed by atoms with Crippen LogP contribution in [0.25, 0.3) is 10.9 Å². The number of esters is 1. The van der Waals surface area contributed by atoms with Gasteiger partial charge in [-0.25, -0.2) is 0 Å². The lowest BCUT2D eigenvalue weighted by Crippen LogP contribution is -2.44. The van der Waals surface area contributed by atoms with E-state index in [2.05, 4.69) is 78.6 Å². The summed E-state index contributed by atoms with van der Waals surface area (Å²) in [4.78, 5) is 17.3. The number of ether oxygens (including phenoxy) is 1. The highest BCUT2D eigenvalue weighted by Gasteiger charge is 2.39. The lowest BCUT2D eigenvalue weighted by molar-refractivity contribution is -0.141. The van der Waals surface area contributed by atoms with E-state index in [1.807, 2.05) is 0 Å². The summed E-state index contributed by atoms with van der Waals surface area (Å²) in [5.74, 6) is 0.334. The van der Waals surface area contributed by atoms with E-state index in [-0.39, 0.29) is 23.9 Å². The maximum atomic E-state index is 11.1. The third-order valence-electron chi connectivity index (χ3n) is 7.11. The number of aromatic nitrogens is 1. The number of nitrogens with one attached hydrogen (secondary N) is 1. The summed E-state index contributed by atoms with van der Waals surface area (Å²) in [5.41, 5.74) is 5.55. The number of halogens is 1. The lowest BCUT2D eigenvalue weighted by atomic mass is 9.70. The van der Waals surface area contributed by atoms with E-state index in [0.29, 0.717) is 12.5 Å². The van der Waals surface area contributed by atoms with Crippen LogP contribution in [0.4, 0.5) is 0 Å². The number of benzene rings is 2. The normalized spacial score (nSPS) is 20.8. The number of para-hydroxylation sites is 1. The van der Waals surface area contributed by atoms with Gasteiger partial charge in [-0.2, -0.15) is 0 Å². The van der Waals surface area contributed by atoms with Crippen molar-refractivity contribution in [1.29, 1.82) is 0 Å². The molecule has 1 fully saturated rings. The Morgan fingerprint density at radius 2 is 1.72 bits per heavy atom. The van der Waals surface area contributed by atoms with Crippen molar-refractivity contribution in [2.75, 3.05) is 20.7 Å². The minimum absolute atomic E-state index is 0. The molecule has 0 spiro atoms. The van der Waals surface area contributed by atoms with Gasteiger partial charge in [0.15, 0.2) is 0 Å². The molecule has 0 radical (unpaired) electrons. The van der Waals surface area contributed by atoms with Crippen LogP contribution < -0.4 is 0 Å². The van der Waals surface area contributed by atoms with E-state index in [0.717, 1.165) is 38.5 Å². The average Bonchev–Trinajstić information content (AvgIpc) is 3.15. The fraction of sp³-hybridized carbons (Fsp3) is 0.444. The molecule has 0 atom stereocenters. The van der Waals surface area contributed by atoms with Gasteiger partial charge in [0, 0.05) is 29.1 Å². The maximum Gasteiger partial charge on any atom is 0.302 e. The van der Waals surface area contributed by atoms with Crippen molar-refractivity contribution in [3.05, 3.63) is 71.4 Å². The quantitative estimate of drug-likeness (QED) is 0.341. The minimum atomic E-state index is -0.202. The SMILES string of the molecule is CC(=O)OCCCc1c(C2CCC(c3ccccc3)(N(C)C)CC2)[nH]c2ccccc12.Cl. The van der Waals surface area contributed by atoms with Crippen molar-refractivity contribution in [1.82, 2.24) is 9.88 Å². The number of aromatic amines is 1. The number of aryl methyl sites for hydroxylation is 1. The monoisotopic (exact) mass is 454 g/mol. The zero-order chi connectivity index (χ0) is 21.8. The second-order valence-electron chi connectivity index (χ2n) is 9.07. The predicted molar refractivity (Wildman–Crippen MR) is 134 cm³/mol. The van der Waals surface area contributed by atoms with Gasteiger partial charge in [-0.15, -0.1) is 12.4 Å². The van der Waals surface area contributed by atoms with Crippen LogP contribution in [0.5, 0.6) is 0 Å². The van der Waals surface area contributed by atoms with Crippen LogP contribution in [0.15, 0.2) is 54.6 Å². The number of H-pyrrole nitrogens is 1. The molecule has 3 aromatic rings. The largest absolute Gasteiger partial charge is 0.466 e. The van der Waals surface area contributed by atoms with Gasteiger partial charge < -0.3 is 9.72 Å². The van der Waals surface area contributed by atoms with Gasteiger partial charge in [-0.3, -0.25) is 9.69 Å². The molecular formula is C27H35ClN2O2. The topological polar surface area (TPSA) is 45.3 Å². The van der Waals surface area contributed by atoms with E-state index in [1.54, 1.807) is 0 Å². The van der Waals surface area contributed by atoms with Gasteiger partial charge in [0.05, 0.1) is 6.61 Å². The van der Waals surface area contributed by atoms with Crippen LogP contribution in [0.3, 0.4) is 0 Å². The molecule has 1 aliphatic rings. The molecule has 4 nitrogen and oxygen atoms in total. The smallest absolute Gasteiger partial charge is 0.302 e. The summed E-state index contributed by atoms with van der Waals surface area (Å²) in [6.07, 6.45) is 6.41. The predicted octanol–water partition coefficient (Wildman–Crippen LogP) is 6.20. The second-order valence-corrected chi connectivity index (χ2v) is 9.07. The molecule has 0 aliphatic heterocycles. The fourth-order valence-corrected chi connectivity index (χ4v) is 5.43. The van der Waals surface area contributed by atoms with Crippen LogP contribution in [0.2, 0.25) is 0 Å². The van der Waals surface area contributed by atoms with Gasteiger partial charge in [-0.1, -0.05) is 48.5 Å². The molecular weight excluding hydrogens is 420 g/mol. The highest BCUT2D eigenvalue weighted by Crippen LogP contribution is 2.47. The maximum absolute atomic E-state index is 11.1. The van der Waals surface area contributed by atoms with Gasteiger partial charge in [0.1, 0.15) is 0 Å². The summed E-state index contributed by atoms with van der Waals surface area (Å²) in [6.45, 7) is 1.96. The van der Waals surface area contributed by atoms with Gasteiger partial charge in [0.2, 0.25) is 0 Å². The van der Waals surface area contributed by atoms with Crippen LogP contribution in [0, 0.1) is 0 Å². The first kappa shape index (κ1) is 24.3. The number of hydrogen-bond donors (Lipinski definition) is 1. The molecule has 1 saturated carbocycles. The Bertz CT molecular complexity index is 1020. The molecule has 4 rings (SSSR count). The third kappa shape index (κ3) is 4.87. The van der Waals surface area contributed by atoms with Crippen molar-refractivity contribution >= 4 is 29.3 Å². The fourth-order valence-electron chi connectivity index (χ4n) is 5.43. The van der Waals surface area contributed by atoms with E-state index in [1.165, 1.54) is 34.6 Å². The molecule has 0 saturated heterocycles. The first-order valence-corrected chi connectivity index (χ1v) is 11.5. The van der Waals surface area contributed by atoms with Crippen molar-refractivity contribution in [3.8, 4) is 0 Å². The Labute approximate surface area is 197 Å². The molecule has 0 bridgehead atoms. The number of nitrogens with zero attached hydrogens (tertiary/aromatic N) is 1. The van der Waals surface area contributed by atoms with Crippen LogP contribution >= 0.6 is 12.4 Å². The summed E-state index contributed by atoms with van der Waals surface area (Å²) < 4.78 is 5.19. The van der Waals surface area contributed by atoms with Gasteiger partial charge >= 0.3 is 5.97 Å². The average molecular weight is 455 g/mol. The highest BCUT2D eigenvalue weighted by molar-refractivity contribution is 5.85. The first-order chi connectivity index (χ1) is 15.0. The Morgan fingerprint density at radius 1 is 1.06 bits per heavy atom. The van der Waals surface area contributed by atoms with Crippen LogP contribution in [-0.2, 0) is 21.5 Å². The van der Waals surface area contributed by atoms with Crippen molar-refractivity contribution < 1.29 is 9.53 Å². The molecule has 1 heterocycles. The zero-order valence-corrected chi connectivity index (χ0v) is 20.2. The number of carbonyl (C=O) groups is 1. The minimum Gasteiger partial charge on any atom is -0.466 e. The molecule has 2 aromatic carbocycles. The van der Waals surface area contributed by atoms with Crippen molar-refractivity contribution in [2.24, 2.45) is 0 Å². The van der Waals surface area contributed by atoms with E-state index in [9.17, 15) is 4.79 Å². The van der Waals surface area contributed by atoms with Gasteiger partial charge in [-0.05, 0) is 75.7 Å². The molecule has 1 aromatic heterocycles. The Balaban J connectivity index is 0.00000289. The van der Waals surface area contributed by atoms with E-state index >= 15 is 0 Å². The Hall–Kier alpha value is -2.30. The first-order valence-electron chi connectivity index (χ1n) is 11.5. The molecule has 172 valence electrons. The van der Waals surface area contributed by atoms with Crippen molar-refractivity contribution in [2.45, 2.75) is 56.9 Å².